The molecule has 1 fully saturated rings. The fourth-order valence-electron chi connectivity index (χ4n) is 2.50. The van der Waals surface area contributed by atoms with Gasteiger partial charge >= 0.3 is 5.97 Å². The van der Waals surface area contributed by atoms with Crippen LogP contribution in [0.3, 0.4) is 0 Å². The number of hydrogen-bond acceptors (Lipinski definition) is 4. The number of thioether (sulfide) groups is 1. The number of carbonyl (C=O) groups excluding carboxylic acids is 1. The number of nitrogens with zero attached hydrogens (tertiary/aromatic N) is 1. The van der Waals surface area contributed by atoms with Crippen molar-refractivity contribution >= 4 is 40.2 Å². The number of hydrogen-bond donors (Lipinski definition) is 1. The summed E-state index contributed by atoms with van der Waals surface area (Å²) in [5.74, 6) is -0.583. The lowest BCUT2D eigenvalue weighted by Crippen LogP contribution is -2.30. The summed E-state index contributed by atoms with van der Waals surface area (Å²) in [6.45, 7) is 6.18. The number of aliphatic carboxylic acids is 1. The van der Waals surface area contributed by atoms with Crippen LogP contribution in [0.15, 0.2) is 34.8 Å². The Bertz CT molecular complexity index is 592. The third kappa shape index (κ3) is 4.08. The fraction of sp³-hybridized carbons (Fsp3) is 0.438. The van der Waals surface area contributed by atoms with Gasteiger partial charge in [0.2, 0.25) is 0 Å². The predicted molar refractivity (Wildman–Crippen MR) is 92.5 cm³/mol. The first-order valence-corrected chi connectivity index (χ1v) is 8.42. The number of carbonyl (C=O) groups is 2. The van der Waals surface area contributed by atoms with Gasteiger partial charge in [0, 0.05) is 6.54 Å². The topological polar surface area (TPSA) is 57.6 Å². The van der Waals surface area contributed by atoms with Crippen LogP contribution in [0.5, 0.6) is 0 Å². The Balaban J connectivity index is 2.04. The van der Waals surface area contributed by atoms with Crippen molar-refractivity contribution in [1.82, 2.24) is 4.90 Å². The summed E-state index contributed by atoms with van der Waals surface area (Å²) in [5.41, 5.74) is 2.35. The van der Waals surface area contributed by atoms with Crippen LogP contribution < -0.4 is 0 Å². The summed E-state index contributed by atoms with van der Waals surface area (Å²) in [6.07, 6.45) is 6.90. The molecule has 0 aromatic heterocycles. The Hall–Kier alpha value is -1.40. The van der Waals surface area contributed by atoms with Gasteiger partial charge in [-0.25, -0.2) is 0 Å². The van der Waals surface area contributed by atoms with Crippen LogP contribution in [0, 0.1) is 5.92 Å². The lowest BCUT2D eigenvalue weighted by Gasteiger charge is -2.20. The van der Waals surface area contributed by atoms with Gasteiger partial charge in [-0.05, 0) is 38.2 Å². The van der Waals surface area contributed by atoms with Crippen LogP contribution >= 0.6 is 24.0 Å². The summed E-state index contributed by atoms with van der Waals surface area (Å²) in [6, 6.07) is 0. The van der Waals surface area contributed by atoms with Gasteiger partial charge in [0.15, 0.2) is 0 Å². The molecule has 0 aromatic rings. The Morgan fingerprint density at radius 2 is 2.36 bits per heavy atom. The smallest absolute Gasteiger partial charge is 0.305 e. The van der Waals surface area contributed by atoms with E-state index in [1.807, 2.05) is 6.08 Å². The number of thiocarbonyl (C=S) groups is 1. The molecule has 118 valence electrons. The molecule has 0 bridgehead atoms. The van der Waals surface area contributed by atoms with Gasteiger partial charge in [-0.3, -0.25) is 14.5 Å². The van der Waals surface area contributed by atoms with Crippen LogP contribution in [0.4, 0.5) is 0 Å². The van der Waals surface area contributed by atoms with Crippen molar-refractivity contribution < 1.29 is 14.7 Å². The number of carboxylic acids is 1. The molecule has 4 nitrogen and oxygen atoms in total. The summed E-state index contributed by atoms with van der Waals surface area (Å²) >= 11 is 6.42. The minimum absolute atomic E-state index is 0.0945. The summed E-state index contributed by atoms with van der Waals surface area (Å²) in [4.78, 5) is 24.9. The average molecular weight is 337 g/mol. The van der Waals surface area contributed by atoms with Crippen molar-refractivity contribution in [1.29, 1.82) is 0 Å². The highest BCUT2D eigenvalue weighted by Gasteiger charge is 2.32. The van der Waals surface area contributed by atoms with Crippen LogP contribution in [-0.2, 0) is 9.59 Å². The first kappa shape index (κ1) is 17.0. The maximum absolute atomic E-state index is 12.3. The van der Waals surface area contributed by atoms with Crippen molar-refractivity contribution in [3.8, 4) is 0 Å². The Morgan fingerprint density at radius 3 is 2.91 bits per heavy atom. The highest BCUT2D eigenvalue weighted by Crippen LogP contribution is 2.35. The maximum Gasteiger partial charge on any atom is 0.305 e. The SMILES string of the molecule is C=C(C)C1CC=C(C=C2SC(=S)N(CCC(=O)O)C2=O)CC1. The second kappa shape index (κ2) is 7.24. The molecule has 2 aliphatic rings. The zero-order valence-electron chi connectivity index (χ0n) is 12.5. The average Bonchev–Trinajstić information content (AvgIpc) is 2.72. The summed E-state index contributed by atoms with van der Waals surface area (Å²) < 4.78 is 0.439. The lowest BCUT2D eigenvalue weighted by molar-refractivity contribution is -0.137. The molecule has 0 radical (unpaired) electrons. The van der Waals surface area contributed by atoms with E-state index >= 15 is 0 Å². The van der Waals surface area contributed by atoms with E-state index in [0.29, 0.717) is 15.1 Å². The van der Waals surface area contributed by atoms with E-state index in [4.69, 9.17) is 17.3 Å². The van der Waals surface area contributed by atoms with Crippen molar-refractivity contribution in [2.75, 3.05) is 6.54 Å². The van der Waals surface area contributed by atoms with Gasteiger partial charge in [0.05, 0.1) is 11.3 Å². The van der Waals surface area contributed by atoms with Crippen LogP contribution in [-0.4, -0.2) is 32.7 Å². The number of rotatable bonds is 5. The molecule has 0 aromatic carbocycles. The molecule has 1 unspecified atom stereocenters. The molecule has 1 atom stereocenters. The number of carboxylic acid groups (broad SMARTS) is 1. The van der Waals surface area contributed by atoms with Crippen LogP contribution in [0.2, 0.25) is 0 Å². The molecule has 0 saturated carbocycles. The van der Waals surface area contributed by atoms with Crippen molar-refractivity contribution in [2.24, 2.45) is 5.92 Å². The predicted octanol–water partition coefficient (Wildman–Crippen LogP) is 3.51. The molecular formula is C16H19NO3S2. The quantitative estimate of drug-likeness (QED) is 0.473. The zero-order valence-corrected chi connectivity index (χ0v) is 14.1. The largest absolute Gasteiger partial charge is 0.481 e. The second-order valence-corrected chi connectivity index (χ2v) is 7.25. The highest BCUT2D eigenvalue weighted by molar-refractivity contribution is 8.26. The first-order chi connectivity index (χ1) is 10.4. The van der Waals surface area contributed by atoms with E-state index in [1.54, 1.807) is 0 Å². The molecule has 2 rings (SSSR count). The van der Waals surface area contributed by atoms with Gasteiger partial charge in [0.1, 0.15) is 4.32 Å². The third-order valence-electron chi connectivity index (χ3n) is 3.88. The summed E-state index contributed by atoms with van der Waals surface area (Å²) in [5, 5.41) is 8.72. The molecule has 1 heterocycles. The third-order valence-corrected chi connectivity index (χ3v) is 5.26. The molecule has 0 spiro atoms. The summed E-state index contributed by atoms with van der Waals surface area (Å²) in [7, 11) is 0. The normalized spacial score (nSPS) is 23.9. The van der Waals surface area contributed by atoms with Gasteiger partial charge in [-0.15, -0.1) is 0 Å². The van der Waals surface area contributed by atoms with Crippen molar-refractivity contribution in [2.45, 2.75) is 32.6 Å². The Kier molecular flexibility index (Phi) is 5.58. The molecular weight excluding hydrogens is 318 g/mol. The molecule has 1 amide bonds. The van der Waals surface area contributed by atoms with E-state index in [9.17, 15) is 9.59 Å². The molecule has 1 N–H and O–H groups in total. The van der Waals surface area contributed by atoms with Crippen molar-refractivity contribution in [3.05, 3.63) is 34.8 Å². The number of amides is 1. The van der Waals surface area contributed by atoms with Gasteiger partial charge in [0.25, 0.3) is 5.91 Å². The molecule has 6 heteroatoms. The van der Waals surface area contributed by atoms with Gasteiger partial charge in [-0.2, -0.15) is 0 Å². The minimum atomic E-state index is -0.932. The Labute approximate surface area is 139 Å². The molecule has 22 heavy (non-hydrogen) atoms. The Morgan fingerprint density at radius 1 is 1.64 bits per heavy atom. The minimum Gasteiger partial charge on any atom is -0.481 e. The van der Waals surface area contributed by atoms with Gasteiger partial charge < -0.3 is 5.11 Å². The van der Waals surface area contributed by atoms with E-state index in [-0.39, 0.29) is 18.9 Å². The first-order valence-electron chi connectivity index (χ1n) is 7.20. The van der Waals surface area contributed by atoms with Crippen LogP contribution in [0.25, 0.3) is 0 Å². The molecule has 1 saturated heterocycles. The molecule has 1 aliphatic carbocycles. The van der Waals surface area contributed by atoms with Crippen molar-refractivity contribution in [3.63, 3.8) is 0 Å². The zero-order chi connectivity index (χ0) is 16.3. The van der Waals surface area contributed by atoms with E-state index in [2.05, 4.69) is 19.6 Å². The van der Waals surface area contributed by atoms with E-state index < -0.39 is 5.97 Å². The van der Waals surface area contributed by atoms with E-state index in [0.717, 1.165) is 24.8 Å². The van der Waals surface area contributed by atoms with Crippen LogP contribution in [0.1, 0.15) is 32.6 Å². The monoisotopic (exact) mass is 337 g/mol. The standard InChI is InChI=1S/C16H19NO3S2/c1-10(2)12-5-3-11(4-6-12)9-13-15(20)17(16(21)22-13)8-7-14(18)19/h3,9,12H,1,4-8H2,2H3,(H,18,19). The van der Waals surface area contributed by atoms with E-state index in [1.165, 1.54) is 22.2 Å². The molecule has 1 aliphatic heterocycles. The maximum atomic E-state index is 12.3. The second-order valence-electron chi connectivity index (χ2n) is 5.57. The van der Waals surface area contributed by atoms with Gasteiger partial charge in [-0.1, -0.05) is 47.8 Å². The fourth-order valence-corrected chi connectivity index (χ4v) is 3.83. The highest BCUT2D eigenvalue weighted by atomic mass is 32.2. The lowest BCUT2D eigenvalue weighted by atomic mass is 9.85. The number of allylic oxidation sites excluding steroid dienone is 4.